The monoisotopic (exact) mass is 520 g/mol. The van der Waals surface area contributed by atoms with Crippen molar-refractivity contribution in [1.29, 1.82) is 0 Å². The predicted molar refractivity (Wildman–Crippen MR) is 136 cm³/mol. The number of aryl methyl sites for hydroxylation is 3. The van der Waals surface area contributed by atoms with Crippen molar-refractivity contribution in [3.63, 3.8) is 0 Å². The Morgan fingerprint density at radius 3 is 2.37 bits per heavy atom. The summed E-state index contributed by atoms with van der Waals surface area (Å²) < 4.78 is 60.2. The average molecular weight is 521 g/mol. The Morgan fingerprint density at radius 2 is 1.68 bits per heavy atom. The zero-order valence-corrected chi connectivity index (χ0v) is 21.6. The molecule has 0 unspecified atom stereocenters. The van der Waals surface area contributed by atoms with Gasteiger partial charge in [0.15, 0.2) is 0 Å². The molecule has 2 aliphatic rings. The van der Waals surface area contributed by atoms with Crippen molar-refractivity contribution >= 4 is 0 Å². The van der Waals surface area contributed by atoms with Gasteiger partial charge in [-0.05, 0) is 84.3 Å². The van der Waals surface area contributed by atoms with Crippen molar-refractivity contribution in [3.8, 4) is 34.0 Å². The average Bonchev–Trinajstić information content (AvgIpc) is 3.57. The Balaban J connectivity index is 1.43. The number of fused-ring (bicyclic) bond motifs is 2. The number of halogens is 3. The van der Waals surface area contributed by atoms with E-state index in [0.717, 1.165) is 28.0 Å². The van der Waals surface area contributed by atoms with Crippen LogP contribution in [0.2, 0.25) is 0 Å². The fourth-order valence-corrected chi connectivity index (χ4v) is 5.80. The summed E-state index contributed by atoms with van der Waals surface area (Å²) in [5, 5.41) is 3.97. The molecule has 0 N–H and O–H groups in total. The summed E-state index contributed by atoms with van der Waals surface area (Å²) in [5.74, 6) is 2.64. The van der Waals surface area contributed by atoms with Gasteiger partial charge in [0.05, 0.1) is 12.2 Å². The summed E-state index contributed by atoms with van der Waals surface area (Å²) >= 11 is 0. The van der Waals surface area contributed by atoms with E-state index in [2.05, 4.69) is 17.1 Å². The maximum absolute atomic E-state index is 14.3. The van der Waals surface area contributed by atoms with Crippen molar-refractivity contribution in [2.24, 2.45) is 0 Å². The largest absolute Gasteiger partial charge is 0.493 e. The van der Waals surface area contributed by atoms with Crippen molar-refractivity contribution < 1.29 is 27.2 Å². The molecule has 8 heteroatoms. The Kier molecular flexibility index (Phi) is 5.74. The Morgan fingerprint density at radius 1 is 0.947 bits per heavy atom. The number of rotatable bonds is 4. The number of benzene rings is 3. The van der Waals surface area contributed by atoms with Gasteiger partial charge >= 0.3 is 6.18 Å². The fourth-order valence-electron chi connectivity index (χ4n) is 5.80. The van der Waals surface area contributed by atoms with E-state index in [4.69, 9.17) is 14.0 Å². The van der Waals surface area contributed by atoms with Crippen LogP contribution in [0.25, 0.3) is 22.5 Å². The third-order valence-corrected chi connectivity index (χ3v) is 7.51. The second-order valence-electron chi connectivity index (χ2n) is 10.2. The topological polar surface area (TPSA) is 57.4 Å². The molecular weight excluding hydrogens is 493 g/mol. The Hall–Kier alpha value is -3.81. The molecule has 196 valence electrons. The minimum atomic E-state index is -4.50. The molecule has 1 aliphatic heterocycles. The van der Waals surface area contributed by atoms with Crippen LogP contribution in [0.4, 0.5) is 13.2 Å². The highest BCUT2D eigenvalue weighted by atomic mass is 19.4. The number of hydrogen-bond donors (Lipinski definition) is 0. The van der Waals surface area contributed by atoms with E-state index in [0.29, 0.717) is 59.5 Å². The van der Waals surface area contributed by atoms with Gasteiger partial charge in [0.25, 0.3) is 0 Å². The molecular formula is C30H27F3N2O3. The molecule has 5 nitrogen and oxygen atoms in total. The summed E-state index contributed by atoms with van der Waals surface area (Å²) in [6.45, 7) is 8.10. The van der Waals surface area contributed by atoms with Gasteiger partial charge in [-0.2, -0.15) is 18.2 Å². The molecule has 0 amide bonds. The van der Waals surface area contributed by atoms with Crippen LogP contribution in [0.1, 0.15) is 64.6 Å². The summed E-state index contributed by atoms with van der Waals surface area (Å²) in [5.41, 5.74) is 4.95. The van der Waals surface area contributed by atoms with Gasteiger partial charge in [-0.1, -0.05) is 24.2 Å². The number of hydrogen-bond acceptors (Lipinski definition) is 5. The van der Waals surface area contributed by atoms with Gasteiger partial charge in [-0.25, -0.2) is 0 Å². The van der Waals surface area contributed by atoms with Crippen molar-refractivity contribution in [2.75, 3.05) is 6.61 Å². The lowest BCUT2D eigenvalue weighted by Gasteiger charge is -2.22. The lowest BCUT2D eigenvalue weighted by molar-refractivity contribution is -0.137. The SMILES string of the molecule is Cc1nc(-c2cc(C)c(-c3c(C(F)(F)F)ccc4c3CC[C@H]4Oc3ccc4c(c3)OC[C@H]4C)c(C)c2)no1. The summed E-state index contributed by atoms with van der Waals surface area (Å²) in [6, 6.07) is 12.2. The van der Waals surface area contributed by atoms with Gasteiger partial charge < -0.3 is 14.0 Å². The van der Waals surface area contributed by atoms with E-state index in [-0.39, 0.29) is 11.7 Å². The van der Waals surface area contributed by atoms with Crippen molar-refractivity contribution in [1.82, 2.24) is 10.1 Å². The van der Waals surface area contributed by atoms with Gasteiger partial charge in [0, 0.05) is 30.0 Å². The van der Waals surface area contributed by atoms with Crippen LogP contribution in [0.3, 0.4) is 0 Å². The molecule has 0 fully saturated rings. The molecule has 2 heterocycles. The minimum Gasteiger partial charge on any atom is -0.493 e. The first kappa shape index (κ1) is 24.5. The van der Waals surface area contributed by atoms with Gasteiger partial charge in [-0.3, -0.25) is 0 Å². The highest BCUT2D eigenvalue weighted by Gasteiger charge is 2.39. The zero-order valence-electron chi connectivity index (χ0n) is 21.6. The molecule has 0 spiro atoms. The fraction of sp³-hybridized carbons (Fsp3) is 0.333. The van der Waals surface area contributed by atoms with E-state index in [1.54, 1.807) is 13.0 Å². The maximum Gasteiger partial charge on any atom is 0.417 e. The number of alkyl halides is 3. The van der Waals surface area contributed by atoms with Crippen LogP contribution >= 0.6 is 0 Å². The molecule has 38 heavy (non-hydrogen) atoms. The molecule has 3 aromatic carbocycles. The molecule has 1 aromatic heterocycles. The van der Waals surface area contributed by atoms with E-state index in [1.807, 2.05) is 44.2 Å². The van der Waals surface area contributed by atoms with Crippen LogP contribution in [-0.2, 0) is 12.6 Å². The lowest BCUT2D eigenvalue weighted by Crippen LogP contribution is -2.11. The van der Waals surface area contributed by atoms with Crippen LogP contribution in [0, 0.1) is 20.8 Å². The first-order chi connectivity index (χ1) is 18.1. The number of aromatic nitrogens is 2. The quantitative estimate of drug-likeness (QED) is 0.274. The zero-order chi connectivity index (χ0) is 26.8. The standard InChI is InChI=1S/C30H27F3N2O3/c1-15-11-19(29-34-18(4)38-35-29)12-16(2)27(15)28-23-8-10-25(22(23)7-9-24(28)30(31,32)33)37-20-5-6-21-17(3)14-36-26(21)13-20/h5-7,9,11-13,17,25H,8,10,14H2,1-4H3/t17-,25-/m1/s1. The molecule has 0 bridgehead atoms. The van der Waals surface area contributed by atoms with Crippen LogP contribution in [-0.4, -0.2) is 16.7 Å². The Labute approximate surface area is 218 Å². The second kappa shape index (κ2) is 8.89. The van der Waals surface area contributed by atoms with Gasteiger partial charge in [-0.15, -0.1) is 0 Å². The van der Waals surface area contributed by atoms with E-state index >= 15 is 0 Å². The summed E-state index contributed by atoms with van der Waals surface area (Å²) in [4.78, 5) is 4.27. The molecule has 4 aromatic rings. The van der Waals surface area contributed by atoms with Crippen molar-refractivity contribution in [2.45, 2.75) is 58.7 Å². The molecule has 2 atom stereocenters. The van der Waals surface area contributed by atoms with E-state index in [1.165, 1.54) is 6.07 Å². The summed E-state index contributed by atoms with van der Waals surface area (Å²) in [7, 11) is 0. The molecule has 6 rings (SSSR count). The Bertz CT molecular complexity index is 1530. The number of nitrogens with zero attached hydrogens (tertiary/aromatic N) is 2. The molecule has 0 saturated heterocycles. The molecule has 1 aliphatic carbocycles. The van der Waals surface area contributed by atoms with E-state index in [9.17, 15) is 13.2 Å². The minimum absolute atomic E-state index is 0.234. The number of ether oxygens (including phenoxy) is 2. The summed E-state index contributed by atoms with van der Waals surface area (Å²) in [6.07, 6.45) is -3.76. The van der Waals surface area contributed by atoms with Gasteiger partial charge in [0.1, 0.15) is 17.6 Å². The normalized spacial score (nSPS) is 18.3. The third kappa shape index (κ3) is 4.12. The second-order valence-corrected chi connectivity index (χ2v) is 10.2. The first-order valence-electron chi connectivity index (χ1n) is 12.7. The predicted octanol–water partition coefficient (Wildman–Crippen LogP) is 7.91. The van der Waals surface area contributed by atoms with Crippen LogP contribution < -0.4 is 9.47 Å². The molecule has 0 saturated carbocycles. The van der Waals surface area contributed by atoms with Crippen molar-refractivity contribution in [3.05, 3.63) is 81.7 Å². The highest BCUT2D eigenvalue weighted by molar-refractivity contribution is 5.81. The van der Waals surface area contributed by atoms with Crippen LogP contribution in [0.15, 0.2) is 47.0 Å². The van der Waals surface area contributed by atoms with Crippen LogP contribution in [0.5, 0.6) is 11.5 Å². The van der Waals surface area contributed by atoms with Gasteiger partial charge in [0.2, 0.25) is 11.7 Å². The third-order valence-electron chi connectivity index (χ3n) is 7.51. The van der Waals surface area contributed by atoms with E-state index < -0.39 is 11.7 Å². The first-order valence-corrected chi connectivity index (χ1v) is 12.7. The lowest BCUT2D eigenvalue weighted by atomic mass is 9.85. The maximum atomic E-state index is 14.3. The molecule has 0 radical (unpaired) electrons. The highest BCUT2D eigenvalue weighted by Crippen LogP contribution is 2.48. The smallest absolute Gasteiger partial charge is 0.417 e.